The first-order valence-electron chi connectivity index (χ1n) is 8.55. The quantitative estimate of drug-likeness (QED) is 0.652. The first-order valence-corrected chi connectivity index (χ1v) is 8.55. The fraction of sp³-hybridized carbons (Fsp3) is 0.389. The summed E-state index contributed by atoms with van der Waals surface area (Å²) in [6, 6.07) is 3.82. The lowest BCUT2D eigenvalue weighted by molar-refractivity contribution is -0.139. The molecule has 0 aliphatic carbocycles. The van der Waals surface area contributed by atoms with Crippen LogP contribution >= 0.6 is 0 Å². The van der Waals surface area contributed by atoms with Gasteiger partial charge in [0.1, 0.15) is 12.4 Å². The number of carbonyl (C=O) groups excluding carboxylic acids is 3. The van der Waals surface area contributed by atoms with Crippen LogP contribution in [0.25, 0.3) is 0 Å². The summed E-state index contributed by atoms with van der Waals surface area (Å²) in [6.45, 7) is 0.234. The van der Waals surface area contributed by atoms with Gasteiger partial charge in [0.2, 0.25) is 0 Å². The van der Waals surface area contributed by atoms with E-state index in [0.29, 0.717) is 6.42 Å². The van der Waals surface area contributed by atoms with E-state index < -0.39 is 30.6 Å². The third kappa shape index (κ3) is 5.41. The molecule has 1 aliphatic rings. The Bertz CT molecular complexity index is 764. The number of alkyl halides is 2. The number of benzene rings is 1. The minimum atomic E-state index is -2.97. The minimum absolute atomic E-state index is 0.0900. The van der Waals surface area contributed by atoms with Gasteiger partial charge in [0, 0.05) is 0 Å². The Hall–Kier alpha value is -3.17. The normalized spacial score (nSPS) is 16.3. The molecule has 1 aromatic rings. The number of amides is 2. The Morgan fingerprint density at radius 2 is 1.79 bits per heavy atom. The van der Waals surface area contributed by atoms with Crippen LogP contribution in [-0.2, 0) is 14.3 Å². The number of halogens is 2. The third-order valence-electron chi connectivity index (χ3n) is 3.81. The number of carbonyl (C=O) groups is 3. The predicted molar refractivity (Wildman–Crippen MR) is 92.8 cm³/mol. The van der Waals surface area contributed by atoms with E-state index in [-0.39, 0.29) is 35.8 Å². The van der Waals surface area contributed by atoms with Crippen LogP contribution in [0.2, 0.25) is 0 Å². The summed E-state index contributed by atoms with van der Waals surface area (Å²) in [5.41, 5.74) is 0.393. The fourth-order valence-electron chi connectivity index (χ4n) is 2.57. The zero-order chi connectivity index (χ0) is 20.7. The van der Waals surface area contributed by atoms with Gasteiger partial charge in [0.05, 0.1) is 29.5 Å². The van der Waals surface area contributed by atoms with E-state index in [0.717, 1.165) is 0 Å². The van der Waals surface area contributed by atoms with Gasteiger partial charge in [0.15, 0.2) is 0 Å². The number of ether oxygens (including phenoxy) is 3. The topological polar surface area (TPSA) is 103 Å². The van der Waals surface area contributed by atoms with E-state index in [1.165, 1.54) is 24.3 Å². The molecule has 2 rings (SSSR count). The van der Waals surface area contributed by atoms with Crippen LogP contribution in [0.5, 0.6) is 5.75 Å². The predicted octanol–water partition coefficient (Wildman–Crippen LogP) is 2.35. The SMILES string of the molecule is CCOC(=O)C1=C(COC(=O)c2ccc(OC(F)F)cc2)NC(=O)N[C@H]1CC. The van der Waals surface area contributed by atoms with E-state index in [9.17, 15) is 23.2 Å². The van der Waals surface area contributed by atoms with Gasteiger partial charge in [-0.25, -0.2) is 14.4 Å². The van der Waals surface area contributed by atoms with Crippen LogP contribution in [0.4, 0.5) is 13.6 Å². The zero-order valence-electron chi connectivity index (χ0n) is 15.3. The highest BCUT2D eigenvalue weighted by atomic mass is 19.3. The number of nitrogens with one attached hydrogen (secondary N) is 2. The lowest BCUT2D eigenvalue weighted by Crippen LogP contribution is -2.51. The van der Waals surface area contributed by atoms with Crippen molar-refractivity contribution in [2.24, 2.45) is 0 Å². The molecule has 0 spiro atoms. The van der Waals surface area contributed by atoms with Crippen LogP contribution in [-0.4, -0.2) is 43.8 Å². The molecule has 152 valence electrons. The van der Waals surface area contributed by atoms with E-state index in [2.05, 4.69) is 15.4 Å². The summed E-state index contributed by atoms with van der Waals surface area (Å²) in [7, 11) is 0. The van der Waals surface area contributed by atoms with Crippen molar-refractivity contribution in [3.63, 3.8) is 0 Å². The molecule has 1 aliphatic heterocycles. The summed E-state index contributed by atoms with van der Waals surface area (Å²) < 4.78 is 38.7. The molecular formula is C18H20F2N2O6. The number of esters is 2. The van der Waals surface area contributed by atoms with E-state index in [1.54, 1.807) is 13.8 Å². The monoisotopic (exact) mass is 398 g/mol. The van der Waals surface area contributed by atoms with Crippen LogP contribution in [0.3, 0.4) is 0 Å². The van der Waals surface area contributed by atoms with Gasteiger partial charge < -0.3 is 24.8 Å². The summed E-state index contributed by atoms with van der Waals surface area (Å²) in [4.78, 5) is 36.2. The molecule has 0 unspecified atom stereocenters. The van der Waals surface area contributed by atoms with Crippen LogP contribution in [0, 0.1) is 0 Å². The minimum Gasteiger partial charge on any atom is -0.463 e. The van der Waals surface area contributed by atoms with Gasteiger partial charge in [-0.05, 0) is 37.6 Å². The highest BCUT2D eigenvalue weighted by Crippen LogP contribution is 2.19. The lowest BCUT2D eigenvalue weighted by atomic mass is 10.0. The highest BCUT2D eigenvalue weighted by molar-refractivity contribution is 5.95. The summed E-state index contributed by atoms with van der Waals surface area (Å²) in [5, 5.41) is 5.06. The second-order valence-electron chi connectivity index (χ2n) is 5.65. The number of hydrogen-bond donors (Lipinski definition) is 2. The molecule has 0 saturated heterocycles. The molecule has 0 aromatic heterocycles. The van der Waals surface area contributed by atoms with Gasteiger partial charge in [-0.2, -0.15) is 8.78 Å². The van der Waals surface area contributed by atoms with Crippen molar-refractivity contribution >= 4 is 18.0 Å². The van der Waals surface area contributed by atoms with E-state index in [4.69, 9.17) is 9.47 Å². The Balaban J connectivity index is 2.13. The molecule has 0 fully saturated rings. The van der Waals surface area contributed by atoms with Crippen molar-refractivity contribution in [3.8, 4) is 5.75 Å². The van der Waals surface area contributed by atoms with Gasteiger partial charge in [0.25, 0.3) is 0 Å². The van der Waals surface area contributed by atoms with Gasteiger partial charge >= 0.3 is 24.6 Å². The lowest BCUT2D eigenvalue weighted by Gasteiger charge is -2.28. The second kappa shape index (κ2) is 9.67. The number of rotatable bonds is 8. The van der Waals surface area contributed by atoms with Crippen LogP contribution in [0.1, 0.15) is 30.6 Å². The molecule has 8 nitrogen and oxygen atoms in total. The molecule has 1 atom stereocenters. The fourth-order valence-corrected chi connectivity index (χ4v) is 2.57. The molecule has 1 aromatic carbocycles. The smallest absolute Gasteiger partial charge is 0.387 e. The highest BCUT2D eigenvalue weighted by Gasteiger charge is 2.32. The van der Waals surface area contributed by atoms with Crippen LogP contribution in [0.15, 0.2) is 35.5 Å². The average molecular weight is 398 g/mol. The summed E-state index contributed by atoms with van der Waals surface area (Å²) >= 11 is 0. The maximum Gasteiger partial charge on any atom is 0.387 e. The molecule has 0 radical (unpaired) electrons. The third-order valence-corrected chi connectivity index (χ3v) is 3.81. The Morgan fingerprint density at radius 3 is 2.36 bits per heavy atom. The van der Waals surface area contributed by atoms with Crippen molar-refractivity contribution in [1.29, 1.82) is 0 Å². The summed E-state index contributed by atoms with van der Waals surface area (Å²) in [5.74, 6) is -1.49. The molecule has 0 bridgehead atoms. The van der Waals surface area contributed by atoms with Crippen molar-refractivity contribution in [3.05, 3.63) is 41.1 Å². The van der Waals surface area contributed by atoms with Crippen molar-refractivity contribution in [2.45, 2.75) is 32.9 Å². The maximum absolute atomic E-state index is 12.2. The Labute approximate surface area is 159 Å². The standard InChI is InChI=1S/C18H20F2N2O6/c1-3-12-14(16(24)26-4-2)13(22-18(25)21-12)9-27-15(23)10-5-7-11(8-6-10)28-17(19)20/h5-8,12,17H,3-4,9H2,1-2H3,(H2,21,22,25)/t12-/m0/s1. The van der Waals surface area contributed by atoms with E-state index >= 15 is 0 Å². The van der Waals surface area contributed by atoms with Gasteiger partial charge in [-0.15, -0.1) is 0 Å². The van der Waals surface area contributed by atoms with Gasteiger partial charge in [-0.3, -0.25) is 0 Å². The molecule has 2 amide bonds. The van der Waals surface area contributed by atoms with Crippen molar-refractivity contribution in [2.75, 3.05) is 13.2 Å². The largest absolute Gasteiger partial charge is 0.463 e. The molecule has 1 heterocycles. The molecule has 28 heavy (non-hydrogen) atoms. The summed E-state index contributed by atoms with van der Waals surface area (Å²) in [6.07, 6.45) is 0.435. The number of hydrogen-bond acceptors (Lipinski definition) is 6. The van der Waals surface area contributed by atoms with Crippen molar-refractivity contribution < 1.29 is 37.4 Å². The Morgan fingerprint density at radius 1 is 1.11 bits per heavy atom. The molecular weight excluding hydrogens is 378 g/mol. The first kappa shape index (κ1) is 21.1. The van der Waals surface area contributed by atoms with Gasteiger partial charge in [-0.1, -0.05) is 6.92 Å². The molecule has 2 N–H and O–H groups in total. The molecule has 0 saturated carbocycles. The van der Waals surface area contributed by atoms with Crippen LogP contribution < -0.4 is 15.4 Å². The van der Waals surface area contributed by atoms with Crippen molar-refractivity contribution in [1.82, 2.24) is 10.6 Å². The average Bonchev–Trinajstić information content (AvgIpc) is 2.65. The van der Waals surface area contributed by atoms with E-state index in [1.807, 2.05) is 0 Å². The molecule has 10 heteroatoms. The zero-order valence-corrected chi connectivity index (χ0v) is 15.3. The first-order chi connectivity index (χ1) is 13.3. The maximum atomic E-state index is 12.2. The Kier molecular flexibility index (Phi) is 7.30. The second-order valence-corrected chi connectivity index (χ2v) is 5.65. The number of urea groups is 1.